The van der Waals surface area contributed by atoms with Crippen molar-refractivity contribution in [1.82, 2.24) is 24.6 Å². The Bertz CT molecular complexity index is 1260. The molecule has 1 N–H and O–H groups in total. The van der Waals surface area contributed by atoms with E-state index in [1.165, 1.54) is 23.7 Å². The second-order valence-corrected chi connectivity index (χ2v) is 9.58. The molecule has 3 aromatic heterocycles. The van der Waals surface area contributed by atoms with Gasteiger partial charge in [0.15, 0.2) is 14.8 Å². The van der Waals surface area contributed by atoms with Gasteiger partial charge in [-0.1, -0.05) is 34.8 Å². The topological polar surface area (TPSA) is 70.3 Å². The molecule has 1 aliphatic heterocycles. The van der Waals surface area contributed by atoms with Crippen molar-refractivity contribution in [3.05, 3.63) is 30.6 Å². The van der Waals surface area contributed by atoms with E-state index in [1.54, 1.807) is 23.5 Å². The molecule has 9 heteroatoms. The van der Waals surface area contributed by atoms with Crippen LogP contribution in [-0.4, -0.2) is 63.0 Å². The largest absolute Gasteiger partial charge is 0.507 e. The number of phenolic OH excluding ortho intramolecular Hbond substituents is 1. The molecule has 1 aromatic carbocycles. The first-order chi connectivity index (χ1) is 15.7. The van der Waals surface area contributed by atoms with E-state index in [-0.39, 0.29) is 5.75 Å². The van der Waals surface area contributed by atoms with Crippen LogP contribution in [0.1, 0.15) is 17.0 Å². The predicted molar refractivity (Wildman–Crippen MR) is 124 cm³/mol. The molecule has 0 amide bonds. The third-order valence-corrected chi connectivity index (χ3v) is 7.79. The van der Waals surface area contributed by atoms with E-state index >= 15 is 0 Å². The number of benzene rings is 1. The highest BCUT2D eigenvalue weighted by molar-refractivity contribution is 7.29. The van der Waals surface area contributed by atoms with Gasteiger partial charge in [0.2, 0.25) is 0 Å². The molecule has 0 atom stereocenters. The van der Waals surface area contributed by atoms with Crippen molar-refractivity contribution in [3.63, 3.8) is 0 Å². The smallest absolute Gasteiger partial charge is 0.188 e. The number of rotatable bonds is 4. The Labute approximate surface area is 187 Å². The van der Waals surface area contributed by atoms with Crippen LogP contribution in [0.3, 0.4) is 0 Å². The van der Waals surface area contributed by atoms with E-state index in [2.05, 4.69) is 29.0 Å². The lowest BCUT2D eigenvalue weighted by Gasteiger charge is -2.34. The monoisotopic (exact) mass is 443 g/mol. The van der Waals surface area contributed by atoms with Gasteiger partial charge >= 0.3 is 0 Å². The zero-order chi connectivity index (χ0) is 23.3. The van der Waals surface area contributed by atoms with Crippen LogP contribution in [0, 0.1) is 0 Å². The van der Waals surface area contributed by atoms with E-state index in [1.807, 2.05) is 6.07 Å². The average molecular weight is 444 g/mol. The Morgan fingerprint density at radius 1 is 1.20 bits per heavy atom. The summed E-state index contributed by atoms with van der Waals surface area (Å²) in [6.07, 6.45) is 5.19. The summed E-state index contributed by atoms with van der Waals surface area (Å²) < 4.78 is 23.6. The van der Waals surface area contributed by atoms with E-state index in [9.17, 15) is 5.11 Å². The zero-order valence-electron chi connectivity index (χ0n) is 19.7. The van der Waals surface area contributed by atoms with Gasteiger partial charge < -0.3 is 14.9 Å². The summed E-state index contributed by atoms with van der Waals surface area (Å²) in [7, 11) is 4.26. The first-order valence-corrected chi connectivity index (χ1v) is 11.4. The fraction of sp³-hybridized carbons (Fsp3) is 0.381. The van der Waals surface area contributed by atoms with Gasteiger partial charge in [-0.25, -0.2) is 9.97 Å². The minimum atomic E-state index is -2.36. The fourth-order valence-corrected chi connectivity index (χ4v) is 6.04. The van der Waals surface area contributed by atoms with Gasteiger partial charge in [-0.2, -0.15) is 5.10 Å². The molecule has 30 heavy (non-hydrogen) atoms. The number of fused-ring (bicyclic) bond motifs is 1. The first-order valence-electron chi connectivity index (χ1n) is 11.3. The molecule has 0 aliphatic carbocycles. The molecule has 4 aromatic rings. The number of piperidine rings is 1. The van der Waals surface area contributed by atoms with Crippen molar-refractivity contribution in [3.8, 4) is 27.4 Å². The summed E-state index contributed by atoms with van der Waals surface area (Å²) in [6, 6.07) is 5.64. The normalized spacial score (nSPS) is 17.7. The third kappa shape index (κ3) is 3.46. The van der Waals surface area contributed by atoms with E-state index in [4.69, 9.17) is 14.1 Å². The number of aromatic hydroxyl groups is 1. The average Bonchev–Trinajstić information content (AvgIpc) is 3.48. The lowest BCUT2D eigenvalue weighted by atomic mass is 10.0. The van der Waals surface area contributed by atoms with Gasteiger partial charge in [-0.3, -0.25) is 4.68 Å². The van der Waals surface area contributed by atoms with Crippen LogP contribution in [0.5, 0.6) is 5.75 Å². The minimum absolute atomic E-state index is 0.0826. The molecule has 1 saturated heterocycles. The van der Waals surface area contributed by atoms with Crippen molar-refractivity contribution in [2.45, 2.75) is 18.9 Å². The summed E-state index contributed by atoms with van der Waals surface area (Å²) in [5, 5.41) is 16.3. The van der Waals surface area contributed by atoms with E-state index in [0.29, 0.717) is 27.7 Å². The van der Waals surface area contributed by atoms with Gasteiger partial charge in [-0.15, -0.1) is 0 Å². The predicted octanol–water partition coefficient (Wildman–Crippen LogP) is 4.06. The maximum Gasteiger partial charge on any atom is 0.188 e. The Morgan fingerprint density at radius 3 is 2.73 bits per heavy atom. The molecule has 1 fully saturated rings. The van der Waals surface area contributed by atoms with Crippen LogP contribution >= 0.6 is 22.7 Å². The summed E-state index contributed by atoms with van der Waals surface area (Å²) in [4.78, 5) is 15.9. The Kier molecular flexibility index (Phi) is 4.14. The van der Waals surface area contributed by atoms with Gasteiger partial charge in [0, 0.05) is 35.9 Å². The summed E-state index contributed by atoms with van der Waals surface area (Å²) in [6.45, 7) is -0.184. The van der Waals surface area contributed by atoms with Crippen LogP contribution in [0.15, 0.2) is 30.6 Å². The van der Waals surface area contributed by atoms with Crippen LogP contribution < -0.4 is 4.90 Å². The number of phenols is 1. The molecular formula is C21H24N6OS2. The lowest BCUT2D eigenvalue weighted by Crippen LogP contribution is -2.41. The highest BCUT2D eigenvalue weighted by Gasteiger charge is 2.24. The SMILES string of the molecule is [2H]C([2H])([2H])n1cc(-c2cccc(O)c2-c2nc3sc(N(C)C4CCN(C)CC4)nc3s2)cn1. The number of hydrogen-bond acceptors (Lipinski definition) is 8. The Balaban J connectivity index is 1.48. The molecule has 156 valence electrons. The van der Waals surface area contributed by atoms with Crippen molar-refractivity contribution in [2.24, 2.45) is 6.98 Å². The molecular weight excluding hydrogens is 416 g/mol. The molecule has 5 rings (SSSR count). The van der Waals surface area contributed by atoms with Crippen molar-refractivity contribution >= 4 is 37.5 Å². The number of aryl methyl sites for hydroxylation is 1. The number of likely N-dealkylation sites (tertiary alicyclic amines) is 1. The number of aromatic nitrogens is 4. The highest BCUT2D eigenvalue weighted by Crippen LogP contribution is 2.43. The zero-order valence-corrected chi connectivity index (χ0v) is 18.4. The number of hydrogen-bond donors (Lipinski definition) is 1. The first kappa shape index (κ1) is 16.2. The lowest BCUT2D eigenvalue weighted by molar-refractivity contribution is 0.253. The maximum atomic E-state index is 10.7. The second kappa shape index (κ2) is 7.64. The minimum Gasteiger partial charge on any atom is -0.507 e. The molecule has 0 saturated carbocycles. The van der Waals surface area contributed by atoms with Crippen molar-refractivity contribution in [1.29, 1.82) is 0 Å². The van der Waals surface area contributed by atoms with Crippen LogP contribution in [0.4, 0.5) is 5.13 Å². The molecule has 1 aliphatic rings. The highest BCUT2D eigenvalue weighted by atomic mass is 32.1. The summed E-state index contributed by atoms with van der Waals surface area (Å²) >= 11 is 2.98. The van der Waals surface area contributed by atoms with Crippen molar-refractivity contribution < 1.29 is 9.22 Å². The summed E-state index contributed by atoms with van der Waals surface area (Å²) in [5.74, 6) is 0.0826. The van der Waals surface area contributed by atoms with Gasteiger partial charge in [0.1, 0.15) is 10.8 Å². The maximum absolute atomic E-state index is 10.7. The van der Waals surface area contributed by atoms with Crippen molar-refractivity contribution in [2.75, 3.05) is 32.1 Å². The molecule has 0 unspecified atom stereocenters. The standard InChI is InChI=1S/C21H24N6OS2/c1-25-9-7-14(8-10-25)27(3)21-24-20-19(30-21)23-18(29-20)17-15(5-4-6-16(17)28)13-11-22-26(2)12-13/h4-6,11-12,14,28H,7-10H2,1-3H3/i2D3. The fourth-order valence-electron chi connectivity index (χ4n) is 3.89. The van der Waals surface area contributed by atoms with Crippen LogP contribution in [0.25, 0.3) is 31.4 Å². The summed E-state index contributed by atoms with van der Waals surface area (Å²) in [5.41, 5.74) is 1.84. The van der Waals surface area contributed by atoms with E-state index in [0.717, 1.165) is 45.4 Å². The van der Waals surface area contributed by atoms with Crippen LogP contribution in [-0.2, 0) is 6.98 Å². The quantitative estimate of drug-likeness (QED) is 0.513. The molecule has 7 nitrogen and oxygen atoms in total. The van der Waals surface area contributed by atoms with Gasteiger partial charge in [-0.05, 0) is 44.6 Å². The molecule has 0 radical (unpaired) electrons. The Hall–Kier alpha value is -2.49. The molecule has 0 bridgehead atoms. The number of thiazole rings is 2. The van der Waals surface area contributed by atoms with Gasteiger partial charge in [0.25, 0.3) is 0 Å². The second-order valence-electron chi connectivity index (χ2n) is 7.64. The Morgan fingerprint density at radius 2 is 2.00 bits per heavy atom. The molecule has 0 spiro atoms. The third-order valence-electron chi connectivity index (χ3n) is 5.65. The van der Waals surface area contributed by atoms with E-state index < -0.39 is 6.98 Å². The van der Waals surface area contributed by atoms with Gasteiger partial charge in [0.05, 0.1) is 11.8 Å². The number of anilines is 1. The molecule has 4 heterocycles. The van der Waals surface area contributed by atoms with Crippen LogP contribution in [0.2, 0.25) is 0 Å². The number of nitrogens with zero attached hydrogens (tertiary/aromatic N) is 6.